The molecule has 1 atom stereocenters. The first kappa shape index (κ1) is 14.2. The third-order valence-electron chi connectivity index (χ3n) is 2.88. The fourth-order valence-electron chi connectivity index (χ4n) is 1.73. The van der Waals surface area contributed by atoms with Gasteiger partial charge in [-0.2, -0.15) is 0 Å². The zero-order chi connectivity index (χ0) is 12.9. The van der Waals surface area contributed by atoms with Crippen molar-refractivity contribution < 1.29 is 0 Å². The minimum Gasteiger partial charge on any atom is -0.327 e. The summed E-state index contributed by atoms with van der Waals surface area (Å²) < 4.78 is 0. The van der Waals surface area contributed by atoms with E-state index in [-0.39, 0.29) is 11.5 Å². The summed E-state index contributed by atoms with van der Waals surface area (Å²) in [5.74, 6) is 0. The number of hydrogen-bond acceptors (Lipinski definition) is 2. The molecule has 3 N–H and O–H groups in total. The van der Waals surface area contributed by atoms with Crippen LogP contribution in [0.3, 0.4) is 0 Å². The number of hydrogen-bond donors (Lipinski definition) is 2. The zero-order valence-corrected chi connectivity index (χ0v) is 11.6. The van der Waals surface area contributed by atoms with Crippen molar-refractivity contribution in [3.05, 3.63) is 35.4 Å². The molecule has 2 nitrogen and oxygen atoms in total. The Hall–Kier alpha value is -0.860. The quantitative estimate of drug-likeness (QED) is 0.768. The summed E-state index contributed by atoms with van der Waals surface area (Å²) in [4.78, 5) is 0. The molecule has 2 heteroatoms. The van der Waals surface area contributed by atoms with Crippen molar-refractivity contribution in [1.29, 1.82) is 0 Å². The van der Waals surface area contributed by atoms with Gasteiger partial charge in [-0.05, 0) is 36.4 Å². The molecule has 0 aromatic heterocycles. The summed E-state index contributed by atoms with van der Waals surface area (Å²) >= 11 is 0. The number of nitrogens with one attached hydrogen (secondary N) is 1. The van der Waals surface area contributed by atoms with E-state index in [9.17, 15) is 0 Å². The summed E-state index contributed by atoms with van der Waals surface area (Å²) in [6.07, 6.45) is 1.07. The van der Waals surface area contributed by atoms with Crippen LogP contribution in [-0.4, -0.2) is 19.1 Å². The van der Waals surface area contributed by atoms with Gasteiger partial charge in [-0.1, -0.05) is 45.0 Å². The lowest BCUT2D eigenvalue weighted by atomic mass is 9.86. The van der Waals surface area contributed by atoms with Crippen molar-refractivity contribution in [2.45, 2.75) is 45.6 Å². The molecule has 1 rings (SSSR count). The van der Waals surface area contributed by atoms with Gasteiger partial charge in [0.1, 0.15) is 0 Å². The topological polar surface area (TPSA) is 38.0 Å². The van der Waals surface area contributed by atoms with Gasteiger partial charge in [0.15, 0.2) is 0 Å². The molecule has 0 spiro atoms. The standard InChI is InChI=1S/C15H26N2/c1-12(16)11-17-10-9-13-5-7-14(8-6-13)15(2,3)4/h5-8,12,17H,9-11,16H2,1-4H3. The molecule has 1 aromatic carbocycles. The number of nitrogens with two attached hydrogens (primary N) is 1. The molecule has 1 aromatic rings. The summed E-state index contributed by atoms with van der Waals surface area (Å²) in [7, 11) is 0. The highest BCUT2D eigenvalue weighted by Crippen LogP contribution is 2.22. The minimum absolute atomic E-state index is 0.235. The van der Waals surface area contributed by atoms with E-state index in [4.69, 9.17) is 5.73 Å². The van der Waals surface area contributed by atoms with Crippen molar-refractivity contribution >= 4 is 0 Å². The van der Waals surface area contributed by atoms with Gasteiger partial charge in [0.2, 0.25) is 0 Å². The van der Waals surface area contributed by atoms with Crippen LogP contribution in [0.2, 0.25) is 0 Å². The van der Waals surface area contributed by atoms with Gasteiger partial charge in [0.25, 0.3) is 0 Å². The van der Waals surface area contributed by atoms with Gasteiger partial charge in [-0.25, -0.2) is 0 Å². The van der Waals surface area contributed by atoms with Gasteiger partial charge in [0.05, 0.1) is 0 Å². The number of rotatable bonds is 5. The lowest BCUT2D eigenvalue weighted by Gasteiger charge is -2.19. The molecule has 0 saturated carbocycles. The van der Waals surface area contributed by atoms with Gasteiger partial charge < -0.3 is 11.1 Å². The van der Waals surface area contributed by atoms with E-state index in [1.54, 1.807) is 0 Å². The lowest BCUT2D eigenvalue weighted by Crippen LogP contribution is -2.32. The predicted octanol–water partition coefficient (Wildman–Crippen LogP) is 2.46. The van der Waals surface area contributed by atoms with Crippen molar-refractivity contribution in [2.75, 3.05) is 13.1 Å². The molecule has 0 aliphatic rings. The molecule has 0 saturated heterocycles. The fourth-order valence-corrected chi connectivity index (χ4v) is 1.73. The second-order valence-electron chi connectivity index (χ2n) is 5.88. The van der Waals surface area contributed by atoms with E-state index >= 15 is 0 Å². The highest BCUT2D eigenvalue weighted by molar-refractivity contribution is 5.27. The molecular formula is C15H26N2. The molecule has 0 bridgehead atoms. The van der Waals surface area contributed by atoms with Crippen molar-refractivity contribution in [3.63, 3.8) is 0 Å². The van der Waals surface area contributed by atoms with E-state index in [1.165, 1.54) is 11.1 Å². The second-order valence-corrected chi connectivity index (χ2v) is 5.88. The largest absolute Gasteiger partial charge is 0.327 e. The van der Waals surface area contributed by atoms with Crippen LogP contribution < -0.4 is 11.1 Å². The Kier molecular flexibility index (Phi) is 5.16. The van der Waals surface area contributed by atoms with Crippen LogP contribution in [-0.2, 0) is 11.8 Å². The second kappa shape index (κ2) is 6.18. The first-order chi connectivity index (χ1) is 7.89. The average Bonchev–Trinajstić information content (AvgIpc) is 2.23. The van der Waals surface area contributed by atoms with Crippen molar-refractivity contribution in [1.82, 2.24) is 5.32 Å². The molecule has 0 fully saturated rings. The van der Waals surface area contributed by atoms with Gasteiger partial charge in [0, 0.05) is 12.6 Å². The van der Waals surface area contributed by atoms with E-state index in [0.717, 1.165) is 19.5 Å². The predicted molar refractivity (Wildman–Crippen MR) is 75.4 cm³/mol. The Labute approximate surface area is 106 Å². The summed E-state index contributed by atoms with van der Waals surface area (Å²) in [6, 6.07) is 9.17. The Morgan fingerprint density at radius 3 is 2.24 bits per heavy atom. The van der Waals surface area contributed by atoms with Crippen LogP contribution in [0.1, 0.15) is 38.8 Å². The first-order valence-electron chi connectivity index (χ1n) is 6.45. The SMILES string of the molecule is CC(N)CNCCc1ccc(C(C)(C)C)cc1. The lowest BCUT2D eigenvalue weighted by molar-refractivity contribution is 0.589. The average molecular weight is 234 g/mol. The molecule has 96 valence electrons. The Morgan fingerprint density at radius 1 is 1.18 bits per heavy atom. The third kappa shape index (κ3) is 5.33. The highest BCUT2D eigenvalue weighted by atomic mass is 14.9. The summed E-state index contributed by atoms with van der Waals surface area (Å²) in [6.45, 7) is 10.6. The highest BCUT2D eigenvalue weighted by Gasteiger charge is 2.12. The van der Waals surface area contributed by atoms with E-state index < -0.39 is 0 Å². The van der Waals surface area contributed by atoms with E-state index in [2.05, 4.69) is 50.4 Å². The fraction of sp³-hybridized carbons (Fsp3) is 0.600. The van der Waals surface area contributed by atoms with Crippen LogP contribution in [0.15, 0.2) is 24.3 Å². The maximum absolute atomic E-state index is 5.68. The molecule has 0 amide bonds. The van der Waals surface area contributed by atoms with Gasteiger partial charge >= 0.3 is 0 Å². The molecule has 0 radical (unpaired) electrons. The van der Waals surface area contributed by atoms with Gasteiger partial charge in [-0.15, -0.1) is 0 Å². The Morgan fingerprint density at radius 2 is 1.76 bits per heavy atom. The molecule has 17 heavy (non-hydrogen) atoms. The normalized spacial score (nSPS) is 13.7. The third-order valence-corrected chi connectivity index (χ3v) is 2.88. The van der Waals surface area contributed by atoms with Crippen LogP contribution in [0.4, 0.5) is 0 Å². The maximum atomic E-state index is 5.68. The molecular weight excluding hydrogens is 208 g/mol. The maximum Gasteiger partial charge on any atom is 0.0136 e. The molecule has 0 aliphatic heterocycles. The van der Waals surface area contributed by atoms with Crippen LogP contribution >= 0.6 is 0 Å². The molecule has 0 heterocycles. The van der Waals surface area contributed by atoms with Gasteiger partial charge in [-0.3, -0.25) is 0 Å². The van der Waals surface area contributed by atoms with E-state index in [0.29, 0.717) is 0 Å². The van der Waals surface area contributed by atoms with E-state index in [1.807, 2.05) is 6.92 Å². The van der Waals surface area contributed by atoms with Crippen molar-refractivity contribution in [2.24, 2.45) is 5.73 Å². The monoisotopic (exact) mass is 234 g/mol. The molecule has 1 unspecified atom stereocenters. The Bertz CT molecular complexity index is 320. The van der Waals surface area contributed by atoms with Crippen LogP contribution in [0, 0.1) is 0 Å². The zero-order valence-electron chi connectivity index (χ0n) is 11.6. The first-order valence-corrected chi connectivity index (χ1v) is 6.45. The minimum atomic E-state index is 0.235. The summed E-state index contributed by atoms with van der Waals surface area (Å²) in [5, 5.41) is 3.35. The summed E-state index contributed by atoms with van der Waals surface area (Å²) in [5.41, 5.74) is 8.70. The van der Waals surface area contributed by atoms with Crippen molar-refractivity contribution in [3.8, 4) is 0 Å². The smallest absolute Gasteiger partial charge is 0.0136 e. The Balaban J connectivity index is 2.41. The molecule has 0 aliphatic carbocycles. The number of benzene rings is 1. The van der Waals surface area contributed by atoms with Crippen LogP contribution in [0.25, 0.3) is 0 Å². The van der Waals surface area contributed by atoms with Crippen LogP contribution in [0.5, 0.6) is 0 Å².